The number of aromatic nitrogens is 3. The van der Waals surface area contributed by atoms with Crippen molar-refractivity contribution in [3.05, 3.63) is 36.2 Å². The van der Waals surface area contributed by atoms with Gasteiger partial charge in [-0.2, -0.15) is 0 Å². The molecule has 0 aliphatic heterocycles. The van der Waals surface area contributed by atoms with Crippen molar-refractivity contribution in [3.63, 3.8) is 0 Å². The molecule has 0 aliphatic rings. The summed E-state index contributed by atoms with van der Waals surface area (Å²) in [4.78, 5) is 4.57. The van der Waals surface area contributed by atoms with Gasteiger partial charge in [0, 0.05) is 0 Å². The largest absolute Gasteiger partial charge is 0.497 e. The normalized spacial score (nSPS) is 10.4. The van der Waals surface area contributed by atoms with Gasteiger partial charge in [0.2, 0.25) is 0 Å². The van der Waals surface area contributed by atoms with Gasteiger partial charge in [-0.25, -0.2) is 10.6 Å². The SMILES string of the molecule is COc1ccc(-n2nncc2CON)cc1. The van der Waals surface area contributed by atoms with Crippen LogP contribution in [0.4, 0.5) is 0 Å². The van der Waals surface area contributed by atoms with Crippen LogP contribution in [-0.4, -0.2) is 22.1 Å². The molecule has 0 radical (unpaired) electrons. The smallest absolute Gasteiger partial charge is 0.119 e. The van der Waals surface area contributed by atoms with Crippen molar-refractivity contribution < 1.29 is 9.57 Å². The van der Waals surface area contributed by atoms with Gasteiger partial charge < -0.3 is 4.74 Å². The van der Waals surface area contributed by atoms with E-state index in [1.807, 2.05) is 24.3 Å². The Morgan fingerprint density at radius 3 is 2.69 bits per heavy atom. The molecular weight excluding hydrogens is 208 g/mol. The van der Waals surface area contributed by atoms with Crippen LogP contribution >= 0.6 is 0 Å². The van der Waals surface area contributed by atoms with Gasteiger partial charge in [0.1, 0.15) is 12.4 Å². The molecule has 2 rings (SSSR count). The highest BCUT2D eigenvalue weighted by atomic mass is 16.6. The van der Waals surface area contributed by atoms with E-state index in [0.29, 0.717) is 0 Å². The number of rotatable bonds is 4. The Bertz CT molecular complexity index is 452. The Morgan fingerprint density at radius 1 is 1.31 bits per heavy atom. The molecule has 0 fully saturated rings. The second-order valence-corrected chi connectivity index (χ2v) is 3.15. The van der Waals surface area contributed by atoms with Gasteiger partial charge in [-0.15, -0.1) is 5.10 Å². The maximum absolute atomic E-state index is 5.07. The molecule has 0 aliphatic carbocycles. The first-order valence-corrected chi connectivity index (χ1v) is 4.71. The fourth-order valence-corrected chi connectivity index (χ4v) is 1.38. The Hall–Kier alpha value is -1.92. The van der Waals surface area contributed by atoms with Crippen LogP contribution in [-0.2, 0) is 11.4 Å². The van der Waals surface area contributed by atoms with Crippen LogP contribution in [0.5, 0.6) is 5.75 Å². The predicted molar refractivity (Wildman–Crippen MR) is 56.9 cm³/mol. The number of methoxy groups -OCH3 is 1. The number of nitrogens with two attached hydrogens (primary N) is 1. The minimum atomic E-state index is 0.263. The molecule has 0 saturated heterocycles. The summed E-state index contributed by atoms with van der Waals surface area (Å²) in [5, 5.41) is 7.76. The molecule has 0 amide bonds. The Kier molecular flexibility index (Phi) is 3.13. The third-order valence-corrected chi connectivity index (χ3v) is 2.17. The van der Waals surface area contributed by atoms with E-state index >= 15 is 0 Å². The highest BCUT2D eigenvalue weighted by Gasteiger charge is 2.05. The molecule has 6 heteroatoms. The standard InChI is InChI=1S/C10H12N4O2/c1-15-10-4-2-8(3-5-10)14-9(7-16-11)6-12-13-14/h2-6H,7,11H2,1H3. The summed E-state index contributed by atoms with van der Waals surface area (Å²) < 4.78 is 6.73. The summed E-state index contributed by atoms with van der Waals surface area (Å²) >= 11 is 0. The molecule has 2 N–H and O–H groups in total. The summed E-state index contributed by atoms with van der Waals surface area (Å²) in [5.41, 5.74) is 1.66. The van der Waals surface area contributed by atoms with Crippen LogP contribution in [0, 0.1) is 0 Å². The maximum atomic E-state index is 5.07. The van der Waals surface area contributed by atoms with Crippen molar-refractivity contribution in [1.82, 2.24) is 15.0 Å². The van der Waals surface area contributed by atoms with E-state index in [4.69, 9.17) is 10.6 Å². The van der Waals surface area contributed by atoms with Crippen molar-refractivity contribution in [1.29, 1.82) is 0 Å². The van der Waals surface area contributed by atoms with E-state index < -0.39 is 0 Å². The van der Waals surface area contributed by atoms with Gasteiger partial charge >= 0.3 is 0 Å². The van der Waals surface area contributed by atoms with Gasteiger partial charge in [0.25, 0.3) is 0 Å². The molecule has 0 bridgehead atoms. The topological polar surface area (TPSA) is 75.2 Å². The van der Waals surface area contributed by atoms with Crippen molar-refractivity contribution in [3.8, 4) is 11.4 Å². The van der Waals surface area contributed by atoms with Crippen LogP contribution < -0.4 is 10.6 Å². The second kappa shape index (κ2) is 4.73. The molecule has 1 aromatic heterocycles. The van der Waals surface area contributed by atoms with Crippen molar-refractivity contribution in [2.24, 2.45) is 5.90 Å². The number of nitrogens with zero attached hydrogens (tertiary/aromatic N) is 3. The van der Waals surface area contributed by atoms with Crippen molar-refractivity contribution >= 4 is 0 Å². The molecule has 0 unspecified atom stereocenters. The van der Waals surface area contributed by atoms with Crippen molar-refractivity contribution in [2.45, 2.75) is 6.61 Å². The molecular formula is C10H12N4O2. The fraction of sp³-hybridized carbons (Fsp3) is 0.200. The van der Waals surface area contributed by atoms with Gasteiger partial charge in [-0.3, -0.25) is 4.84 Å². The number of hydrogen-bond acceptors (Lipinski definition) is 5. The molecule has 2 aromatic rings. The number of benzene rings is 1. The van der Waals surface area contributed by atoms with Gasteiger partial charge in [0.05, 0.1) is 24.7 Å². The lowest BCUT2D eigenvalue weighted by Gasteiger charge is -2.05. The van der Waals surface area contributed by atoms with Crippen molar-refractivity contribution in [2.75, 3.05) is 7.11 Å². The molecule has 0 saturated carbocycles. The van der Waals surface area contributed by atoms with E-state index in [1.165, 1.54) is 0 Å². The summed E-state index contributed by atoms with van der Waals surface area (Å²) in [6.45, 7) is 0.263. The van der Waals surface area contributed by atoms with E-state index in [0.717, 1.165) is 17.1 Å². The van der Waals surface area contributed by atoms with Crippen LogP contribution in [0.25, 0.3) is 5.69 Å². The first kappa shape index (κ1) is 10.6. The molecule has 84 valence electrons. The lowest BCUT2D eigenvalue weighted by molar-refractivity contribution is 0.119. The maximum Gasteiger partial charge on any atom is 0.119 e. The van der Waals surface area contributed by atoms with Crippen LogP contribution in [0.3, 0.4) is 0 Å². The predicted octanol–water partition coefficient (Wildman–Crippen LogP) is 0.666. The summed E-state index contributed by atoms with van der Waals surface area (Å²) in [6.07, 6.45) is 1.61. The Morgan fingerprint density at radius 2 is 2.06 bits per heavy atom. The molecule has 0 spiro atoms. The lowest BCUT2D eigenvalue weighted by atomic mass is 10.3. The molecule has 6 nitrogen and oxygen atoms in total. The Balaban J connectivity index is 2.31. The summed E-state index contributed by atoms with van der Waals surface area (Å²) in [7, 11) is 1.62. The average molecular weight is 220 g/mol. The number of hydrogen-bond donors (Lipinski definition) is 1. The summed E-state index contributed by atoms with van der Waals surface area (Å²) in [6, 6.07) is 7.47. The Labute approximate surface area is 92.5 Å². The lowest BCUT2D eigenvalue weighted by Crippen LogP contribution is -2.06. The fourth-order valence-electron chi connectivity index (χ4n) is 1.38. The minimum absolute atomic E-state index is 0.263. The highest BCUT2D eigenvalue weighted by Crippen LogP contribution is 2.15. The third-order valence-electron chi connectivity index (χ3n) is 2.17. The highest BCUT2D eigenvalue weighted by molar-refractivity contribution is 5.37. The van der Waals surface area contributed by atoms with Crippen LogP contribution in [0.1, 0.15) is 5.69 Å². The first-order chi connectivity index (χ1) is 7.85. The monoisotopic (exact) mass is 220 g/mol. The van der Waals surface area contributed by atoms with Gasteiger partial charge in [-0.05, 0) is 24.3 Å². The first-order valence-electron chi connectivity index (χ1n) is 4.71. The minimum Gasteiger partial charge on any atom is -0.497 e. The van der Waals surface area contributed by atoms with Crippen LogP contribution in [0.15, 0.2) is 30.5 Å². The van der Waals surface area contributed by atoms with E-state index in [9.17, 15) is 0 Å². The molecule has 16 heavy (non-hydrogen) atoms. The molecule has 1 heterocycles. The van der Waals surface area contributed by atoms with Gasteiger partial charge in [-0.1, -0.05) is 5.21 Å². The van der Waals surface area contributed by atoms with Crippen LogP contribution in [0.2, 0.25) is 0 Å². The average Bonchev–Trinajstić information content (AvgIpc) is 2.78. The zero-order valence-corrected chi connectivity index (χ0v) is 8.83. The zero-order chi connectivity index (χ0) is 11.4. The van der Waals surface area contributed by atoms with Gasteiger partial charge in [0.15, 0.2) is 0 Å². The quantitative estimate of drug-likeness (QED) is 0.766. The zero-order valence-electron chi connectivity index (χ0n) is 8.83. The second-order valence-electron chi connectivity index (χ2n) is 3.15. The number of ether oxygens (including phenoxy) is 1. The van der Waals surface area contributed by atoms with E-state index in [2.05, 4.69) is 15.1 Å². The molecule has 1 aromatic carbocycles. The third kappa shape index (κ3) is 2.02. The summed E-state index contributed by atoms with van der Waals surface area (Å²) in [5.74, 6) is 5.82. The van der Waals surface area contributed by atoms with E-state index in [1.54, 1.807) is 18.0 Å². The van der Waals surface area contributed by atoms with E-state index in [-0.39, 0.29) is 6.61 Å². The molecule has 0 atom stereocenters.